The second kappa shape index (κ2) is 6.78. The van der Waals surface area contributed by atoms with E-state index in [9.17, 15) is 14.6 Å². The second-order valence-corrected chi connectivity index (χ2v) is 10.6. The average Bonchev–Trinajstić information content (AvgIpc) is 2.95. The minimum Gasteiger partial charge on any atom is -0.393 e. The van der Waals surface area contributed by atoms with Gasteiger partial charge in [-0.1, -0.05) is 43.7 Å². The Labute approximate surface area is 173 Å². The molecule has 0 spiro atoms. The van der Waals surface area contributed by atoms with Crippen molar-refractivity contribution in [3.63, 3.8) is 0 Å². The maximum Gasteiger partial charge on any atom is 0.123 e. The van der Waals surface area contributed by atoms with Crippen LogP contribution in [0.25, 0.3) is 6.08 Å². The van der Waals surface area contributed by atoms with Crippen molar-refractivity contribution in [2.24, 2.45) is 28.6 Å². The number of fused-ring (bicyclic) bond motifs is 5. The molecule has 1 aromatic rings. The maximum atomic E-state index is 13.3. The monoisotopic (exact) mass is 396 g/mol. The summed E-state index contributed by atoms with van der Waals surface area (Å²) in [7, 11) is 0. The van der Waals surface area contributed by atoms with Gasteiger partial charge in [0, 0.05) is 5.41 Å². The van der Waals surface area contributed by atoms with Crippen molar-refractivity contribution in [2.45, 2.75) is 71.0 Å². The number of aliphatic hydroxyl groups is 2. The minimum absolute atomic E-state index is 0.0666. The zero-order chi connectivity index (χ0) is 20.4. The fraction of sp³-hybridized carbons (Fsp3) is 0.615. The topological polar surface area (TPSA) is 40.5 Å². The summed E-state index contributed by atoms with van der Waals surface area (Å²) in [6.45, 7) is 4.72. The SMILES string of the molecule is C[C@@]12CCC3C(CC=C4CC(O)CC[C@]43C)C1C/C(=C\c1ccc(F)cc1)C2O. The minimum atomic E-state index is -0.412. The number of hydrogen-bond acceptors (Lipinski definition) is 2. The average molecular weight is 397 g/mol. The Bertz CT molecular complexity index is 856. The largest absolute Gasteiger partial charge is 0.393 e. The Kier molecular flexibility index (Phi) is 4.56. The lowest BCUT2D eigenvalue weighted by Gasteiger charge is -2.57. The Morgan fingerprint density at radius 3 is 2.52 bits per heavy atom. The summed E-state index contributed by atoms with van der Waals surface area (Å²) in [5, 5.41) is 21.5. The van der Waals surface area contributed by atoms with Crippen LogP contribution in [0.4, 0.5) is 4.39 Å². The van der Waals surface area contributed by atoms with Crippen LogP contribution in [0.15, 0.2) is 41.5 Å². The molecule has 2 N–H and O–H groups in total. The van der Waals surface area contributed by atoms with Gasteiger partial charge in [0.05, 0.1) is 12.2 Å². The van der Waals surface area contributed by atoms with Gasteiger partial charge in [0.15, 0.2) is 0 Å². The van der Waals surface area contributed by atoms with E-state index >= 15 is 0 Å². The van der Waals surface area contributed by atoms with E-state index in [1.165, 1.54) is 24.1 Å². The Morgan fingerprint density at radius 2 is 1.76 bits per heavy atom. The summed E-state index contributed by atoms with van der Waals surface area (Å²) < 4.78 is 13.3. The molecule has 0 aliphatic heterocycles. The van der Waals surface area contributed by atoms with Crippen molar-refractivity contribution in [3.05, 3.63) is 52.9 Å². The van der Waals surface area contributed by atoms with E-state index in [1.807, 2.05) is 0 Å². The van der Waals surface area contributed by atoms with E-state index in [1.54, 1.807) is 12.1 Å². The highest BCUT2D eigenvalue weighted by Crippen LogP contribution is 2.65. The van der Waals surface area contributed by atoms with E-state index < -0.39 is 6.10 Å². The van der Waals surface area contributed by atoms with Crippen molar-refractivity contribution in [2.75, 3.05) is 0 Å². The zero-order valence-corrected chi connectivity index (χ0v) is 17.6. The Balaban J connectivity index is 1.46. The molecular formula is C26H33FO2. The van der Waals surface area contributed by atoms with E-state index in [0.29, 0.717) is 17.8 Å². The smallest absolute Gasteiger partial charge is 0.123 e. The first-order valence-corrected chi connectivity index (χ1v) is 11.3. The third-order valence-corrected chi connectivity index (χ3v) is 9.17. The highest BCUT2D eigenvalue weighted by Gasteiger charge is 2.59. The molecule has 7 atom stereocenters. The van der Waals surface area contributed by atoms with Crippen molar-refractivity contribution in [1.82, 2.24) is 0 Å². The van der Waals surface area contributed by atoms with Gasteiger partial charge in [0.25, 0.3) is 0 Å². The fourth-order valence-corrected chi connectivity index (χ4v) is 7.41. The molecule has 1 aromatic carbocycles. The molecule has 3 fully saturated rings. The molecule has 0 heterocycles. The van der Waals surface area contributed by atoms with Gasteiger partial charge in [-0.3, -0.25) is 0 Å². The second-order valence-electron chi connectivity index (χ2n) is 10.6. The van der Waals surface area contributed by atoms with Gasteiger partial charge in [0.1, 0.15) is 5.82 Å². The molecule has 0 saturated heterocycles. The maximum absolute atomic E-state index is 13.3. The van der Waals surface area contributed by atoms with E-state index in [0.717, 1.165) is 49.7 Å². The summed E-state index contributed by atoms with van der Waals surface area (Å²) in [6, 6.07) is 6.58. The molecule has 29 heavy (non-hydrogen) atoms. The third kappa shape index (κ3) is 2.96. The van der Waals surface area contributed by atoms with Crippen molar-refractivity contribution >= 4 is 6.08 Å². The van der Waals surface area contributed by atoms with Crippen LogP contribution in [0.1, 0.15) is 64.4 Å². The number of halogens is 1. The number of allylic oxidation sites excluding steroid dienone is 1. The van der Waals surface area contributed by atoms with E-state index in [-0.39, 0.29) is 22.8 Å². The molecule has 3 saturated carbocycles. The van der Waals surface area contributed by atoms with Gasteiger partial charge in [-0.05, 0) is 91.4 Å². The molecule has 0 bridgehead atoms. The van der Waals surface area contributed by atoms with Crippen LogP contribution >= 0.6 is 0 Å². The first-order chi connectivity index (χ1) is 13.8. The van der Waals surface area contributed by atoms with Gasteiger partial charge in [-0.25, -0.2) is 4.39 Å². The number of hydrogen-bond donors (Lipinski definition) is 2. The van der Waals surface area contributed by atoms with Gasteiger partial charge < -0.3 is 10.2 Å². The third-order valence-electron chi connectivity index (χ3n) is 9.17. The van der Waals surface area contributed by atoms with Gasteiger partial charge in [-0.15, -0.1) is 0 Å². The number of benzene rings is 1. The van der Waals surface area contributed by atoms with Crippen LogP contribution in [0.5, 0.6) is 0 Å². The van der Waals surface area contributed by atoms with Crippen LogP contribution in [0.3, 0.4) is 0 Å². The van der Waals surface area contributed by atoms with Crippen molar-refractivity contribution in [3.8, 4) is 0 Å². The quantitative estimate of drug-likeness (QED) is 0.615. The molecule has 5 unspecified atom stereocenters. The summed E-state index contributed by atoms with van der Waals surface area (Å²) in [5.74, 6) is 1.53. The van der Waals surface area contributed by atoms with Gasteiger partial charge >= 0.3 is 0 Å². The van der Waals surface area contributed by atoms with Crippen LogP contribution in [0, 0.1) is 34.4 Å². The lowest BCUT2D eigenvalue weighted by atomic mass is 9.48. The molecule has 0 radical (unpaired) electrons. The molecular weight excluding hydrogens is 363 g/mol. The van der Waals surface area contributed by atoms with Crippen molar-refractivity contribution in [1.29, 1.82) is 0 Å². The van der Waals surface area contributed by atoms with E-state index in [2.05, 4.69) is 26.0 Å². The van der Waals surface area contributed by atoms with Crippen LogP contribution in [-0.4, -0.2) is 22.4 Å². The van der Waals surface area contributed by atoms with E-state index in [4.69, 9.17) is 0 Å². The van der Waals surface area contributed by atoms with Gasteiger partial charge in [0.2, 0.25) is 0 Å². The van der Waals surface area contributed by atoms with Gasteiger partial charge in [-0.2, -0.15) is 0 Å². The normalized spacial score (nSPS) is 45.3. The highest BCUT2D eigenvalue weighted by atomic mass is 19.1. The summed E-state index contributed by atoms with van der Waals surface area (Å²) >= 11 is 0. The predicted molar refractivity (Wildman–Crippen MR) is 113 cm³/mol. The van der Waals surface area contributed by atoms with Crippen LogP contribution < -0.4 is 0 Å². The first-order valence-electron chi connectivity index (χ1n) is 11.3. The van der Waals surface area contributed by atoms with Crippen molar-refractivity contribution < 1.29 is 14.6 Å². The lowest BCUT2D eigenvalue weighted by Crippen LogP contribution is -2.51. The Morgan fingerprint density at radius 1 is 1.00 bits per heavy atom. The lowest BCUT2D eigenvalue weighted by molar-refractivity contribution is -0.0685. The molecule has 2 nitrogen and oxygen atoms in total. The zero-order valence-electron chi connectivity index (χ0n) is 17.6. The summed E-state index contributed by atoms with van der Waals surface area (Å²) in [4.78, 5) is 0. The molecule has 3 heteroatoms. The van der Waals surface area contributed by atoms with Crippen LogP contribution in [-0.2, 0) is 0 Å². The molecule has 4 aliphatic rings. The molecule has 156 valence electrons. The molecule has 4 aliphatic carbocycles. The predicted octanol–water partition coefficient (Wildman–Crippen LogP) is 5.50. The number of rotatable bonds is 1. The first kappa shape index (κ1) is 19.5. The van der Waals surface area contributed by atoms with Crippen LogP contribution in [0.2, 0.25) is 0 Å². The highest BCUT2D eigenvalue weighted by molar-refractivity contribution is 5.55. The fourth-order valence-electron chi connectivity index (χ4n) is 7.41. The number of aliphatic hydroxyl groups excluding tert-OH is 2. The summed E-state index contributed by atoms with van der Waals surface area (Å²) in [5.41, 5.74) is 3.73. The standard InChI is InChI=1S/C26H33FO2/c1-25-11-9-20(28)15-18(25)5-8-21-22(25)10-12-26(2)23(21)14-17(24(26)29)13-16-3-6-19(27)7-4-16/h3-7,13,20-24,28-29H,8-12,14-15H2,1-2H3/b17-13+/t20?,21?,22?,23?,24?,25-,26-/m1/s1. The molecule has 5 rings (SSSR count). The Hall–Kier alpha value is -1.45. The molecule has 0 amide bonds. The molecule has 0 aromatic heterocycles. The summed E-state index contributed by atoms with van der Waals surface area (Å²) in [6.07, 6.45) is 11.0.